The van der Waals surface area contributed by atoms with Gasteiger partial charge in [0, 0.05) is 39.2 Å². The van der Waals surface area contributed by atoms with Crippen LogP contribution in [-0.4, -0.2) is 40.2 Å². The molecular formula is C13H25N5O2. The number of hydrogen-bond donors (Lipinski definition) is 2. The zero-order valence-corrected chi connectivity index (χ0v) is 12.3. The molecule has 1 aliphatic heterocycles. The SMILES string of the molecule is CCCn1ncnc1C(NN)C1(OCC)CCOCC1. The number of hydrazine groups is 1. The highest BCUT2D eigenvalue weighted by Crippen LogP contribution is 2.36. The third-order valence-corrected chi connectivity index (χ3v) is 3.80. The summed E-state index contributed by atoms with van der Waals surface area (Å²) in [5.41, 5.74) is 2.52. The fourth-order valence-electron chi connectivity index (χ4n) is 2.86. The van der Waals surface area contributed by atoms with Gasteiger partial charge < -0.3 is 9.47 Å². The van der Waals surface area contributed by atoms with Crippen molar-refractivity contribution in [1.82, 2.24) is 20.2 Å². The lowest BCUT2D eigenvalue weighted by Gasteiger charge is -2.42. The fraction of sp³-hybridized carbons (Fsp3) is 0.846. The zero-order valence-electron chi connectivity index (χ0n) is 12.3. The van der Waals surface area contributed by atoms with Crippen molar-refractivity contribution in [3.8, 4) is 0 Å². The Morgan fingerprint density at radius 2 is 2.25 bits per heavy atom. The molecule has 1 atom stereocenters. The van der Waals surface area contributed by atoms with E-state index in [-0.39, 0.29) is 11.6 Å². The highest BCUT2D eigenvalue weighted by atomic mass is 16.5. The van der Waals surface area contributed by atoms with Crippen molar-refractivity contribution in [2.45, 2.75) is 51.3 Å². The summed E-state index contributed by atoms with van der Waals surface area (Å²) in [4.78, 5) is 4.40. The van der Waals surface area contributed by atoms with Crippen molar-refractivity contribution < 1.29 is 9.47 Å². The van der Waals surface area contributed by atoms with E-state index >= 15 is 0 Å². The normalized spacial score (nSPS) is 19.9. The largest absolute Gasteiger partial charge is 0.381 e. The molecule has 0 aliphatic carbocycles. The predicted molar refractivity (Wildman–Crippen MR) is 74.8 cm³/mol. The lowest BCUT2D eigenvalue weighted by Crippen LogP contribution is -2.52. The molecule has 7 nitrogen and oxygen atoms in total. The van der Waals surface area contributed by atoms with Crippen molar-refractivity contribution in [3.63, 3.8) is 0 Å². The minimum absolute atomic E-state index is 0.180. The van der Waals surface area contributed by atoms with E-state index in [0.29, 0.717) is 19.8 Å². The van der Waals surface area contributed by atoms with Gasteiger partial charge in [0.2, 0.25) is 0 Å². The van der Waals surface area contributed by atoms with Crippen LogP contribution in [0.15, 0.2) is 6.33 Å². The van der Waals surface area contributed by atoms with Gasteiger partial charge in [-0.25, -0.2) is 15.1 Å². The van der Waals surface area contributed by atoms with Gasteiger partial charge in [-0.3, -0.25) is 5.84 Å². The molecule has 0 bridgehead atoms. The summed E-state index contributed by atoms with van der Waals surface area (Å²) in [6, 6.07) is -0.180. The van der Waals surface area contributed by atoms with Gasteiger partial charge in [-0.15, -0.1) is 0 Å². The molecule has 114 valence electrons. The Morgan fingerprint density at radius 1 is 1.50 bits per heavy atom. The molecule has 1 aromatic rings. The van der Waals surface area contributed by atoms with Crippen molar-refractivity contribution in [2.75, 3.05) is 19.8 Å². The third-order valence-electron chi connectivity index (χ3n) is 3.80. The van der Waals surface area contributed by atoms with Crippen LogP contribution in [0.4, 0.5) is 0 Å². The molecular weight excluding hydrogens is 258 g/mol. The first-order valence-electron chi connectivity index (χ1n) is 7.33. The second-order valence-corrected chi connectivity index (χ2v) is 5.05. The number of aryl methyl sites for hydroxylation is 1. The summed E-state index contributed by atoms with van der Waals surface area (Å²) in [5, 5.41) is 4.28. The first-order chi connectivity index (χ1) is 9.77. The van der Waals surface area contributed by atoms with Gasteiger partial charge in [-0.2, -0.15) is 5.10 Å². The van der Waals surface area contributed by atoms with E-state index in [1.165, 1.54) is 0 Å². The molecule has 1 fully saturated rings. The molecule has 20 heavy (non-hydrogen) atoms. The Bertz CT molecular complexity index is 398. The quantitative estimate of drug-likeness (QED) is 0.568. The van der Waals surface area contributed by atoms with Crippen LogP contribution >= 0.6 is 0 Å². The summed E-state index contributed by atoms with van der Waals surface area (Å²) in [5.74, 6) is 6.66. The monoisotopic (exact) mass is 283 g/mol. The molecule has 1 unspecified atom stereocenters. The average Bonchev–Trinajstić information content (AvgIpc) is 2.90. The van der Waals surface area contributed by atoms with E-state index < -0.39 is 0 Å². The Balaban J connectivity index is 2.29. The van der Waals surface area contributed by atoms with Crippen molar-refractivity contribution >= 4 is 0 Å². The lowest BCUT2D eigenvalue weighted by molar-refractivity contribution is -0.130. The van der Waals surface area contributed by atoms with Gasteiger partial charge in [0.15, 0.2) is 0 Å². The Morgan fingerprint density at radius 3 is 2.85 bits per heavy atom. The first kappa shape index (κ1) is 15.4. The lowest BCUT2D eigenvalue weighted by atomic mass is 9.85. The third kappa shape index (κ3) is 3.01. The summed E-state index contributed by atoms with van der Waals surface area (Å²) < 4.78 is 13.4. The van der Waals surface area contributed by atoms with Crippen LogP contribution in [0.25, 0.3) is 0 Å². The smallest absolute Gasteiger partial charge is 0.148 e. The summed E-state index contributed by atoms with van der Waals surface area (Å²) in [7, 11) is 0. The van der Waals surface area contributed by atoms with Crippen LogP contribution in [0, 0.1) is 0 Å². The number of ether oxygens (including phenoxy) is 2. The van der Waals surface area contributed by atoms with Crippen LogP contribution in [-0.2, 0) is 16.0 Å². The number of hydrogen-bond acceptors (Lipinski definition) is 6. The molecule has 1 aliphatic rings. The zero-order chi connectivity index (χ0) is 14.4. The highest BCUT2D eigenvalue weighted by molar-refractivity contribution is 5.06. The fourth-order valence-corrected chi connectivity index (χ4v) is 2.86. The number of rotatable bonds is 7. The molecule has 3 N–H and O–H groups in total. The van der Waals surface area contributed by atoms with Crippen LogP contribution in [0.2, 0.25) is 0 Å². The number of nitrogens with two attached hydrogens (primary N) is 1. The van der Waals surface area contributed by atoms with Gasteiger partial charge in [0.25, 0.3) is 0 Å². The topological polar surface area (TPSA) is 87.2 Å². The van der Waals surface area contributed by atoms with Gasteiger partial charge in [0.05, 0.1) is 5.60 Å². The molecule has 0 radical (unpaired) electrons. The van der Waals surface area contributed by atoms with E-state index in [0.717, 1.165) is 31.6 Å². The molecule has 0 aromatic carbocycles. The minimum atomic E-state index is -0.375. The molecule has 1 aromatic heterocycles. The molecule has 0 saturated carbocycles. The Kier molecular flexibility index (Phi) is 5.47. The van der Waals surface area contributed by atoms with Crippen molar-refractivity contribution in [1.29, 1.82) is 0 Å². The second kappa shape index (κ2) is 7.12. The van der Waals surface area contributed by atoms with Gasteiger partial charge in [0.1, 0.15) is 18.2 Å². The molecule has 0 spiro atoms. The van der Waals surface area contributed by atoms with Crippen LogP contribution in [0.5, 0.6) is 0 Å². The Labute approximate surface area is 119 Å². The maximum Gasteiger partial charge on any atom is 0.148 e. The highest BCUT2D eigenvalue weighted by Gasteiger charge is 2.43. The van der Waals surface area contributed by atoms with Crippen LogP contribution < -0.4 is 11.3 Å². The van der Waals surface area contributed by atoms with Crippen LogP contribution in [0.1, 0.15) is 45.0 Å². The van der Waals surface area contributed by atoms with E-state index in [9.17, 15) is 0 Å². The molecule has 2 rings (SSSR count). The van der Waals surface area contributed by atoms with E-state index in [2.05, 4.69) is 22.4 Å². The standard InChI is InChI=1S/C13H25N5O2/c1-3-7-18-12(15-10-16-18)11(17-14)13(20-4-2)5-8-19-9-6-13/h10-11,17H,3-9,14H2,1-2H3. The average molecular weight is 283 g/mol. The van der Waals surface area contributed by atoms with Crippen LogP contribution in [0.3, 0.4) is 0 Å². The van der Waals surface area contributed by atoms with Crippen molar-refractivity contribution in [2.24, 2.45) is 5.84 Å². The second-order valence-electron chi connectivity index (χ2n) is 5.05. The molecule has 1 saturated heterocycles. The van der Waals surface area contributed by atoms with Crippen molar-refractivity contribution in [3.05, 3.63) is 12.2 Å². The van der Waals surface area contributed by atoms with Gasteiger partial charge in [-0.05, 0) is 13.3 Å². The van der Waals surface area contributed by atoms with Gasteiger partial charge >= 0.3 is 0 Å². The number of nitrogens with zero attached hydrogens (tertiary/aromatic N) is 3. The van der Waals surface area contributed by atoms with Gasteiger partial charge in [-0.1, -0.05) is 6.92 Å². The number of nitrogens with one attached hydrogen (secondary N) is 1. The maximum absolute atomic E-state index is 6.08. The maximum atomic E-state index is 6.08. The summed E-state index contributed by atoms with van der Waals surface area (Å²) >= 11 is 0. The minimum Gasteiger partial charge on any atom is -0.381 e. The molecule has 7 heteroatoms. The molecule has 2 heterocycles. The molecule has 0 amide bonds. The van der Waals surface area contributed by atoms with E-state index in [1.54, 1.807) is 6.33 Å². The first-order valence-corrected chi connectivity index (χ1v) is 7.33. The summed E-state index contributed by atoms with van der Waals surface area (Å²) in [6.07, 6.45) is 4.18. The van der Waals surface area contributed by atoms with E-state index in [1.807, 2.05) is 11.6 Å². The predicted octanol–water partition coefficient (Wildman–Crippen LogP) is 0.778. The number of aromatic nitrogens is 3. The summed E-state index contributed by atoms with van der Waals surface area (Å²) in [6.45, 7) is 6.94. The Hall–Kier alpha value is -1.02. The van der Waals surface area contributed by atoms with E-state index in [4.69, 9.17) is 15.3 Å².